The van der Waals surface area contributed by atoms with Crippen molar-refractivity contribution in [3.8, 4) is 44.5 Å². The summed E-state index contributed by atoms with van der Waals surface area (Å²) in [4.78, 5) is 2.41. The van der Waals surface area contributed by atoms with Crippen molar-refractivity contribution < 1.29 is 0 Å². The maximum absolute atomic E-state index is 2.41. The number of anilines is 3. The van der Waals surface area contributed by atoms with Gasteiger partial charge in [0.15, 0.2) is 0 Å². The smallest absolute Gasteiger partial charge is 0.0540 e. The molecule has 0 saturated heterocycles. The molecular formula is C49H37N. The van der Waals surface area contributed by atoms with Crippen LogP contribution in [0, 0.1) is 0 Å². The van der Waals surface area contributed by atoms with Crippen LogP contribution in [0.2, 0.25) is 0 Å². The molecule has 0 unspecified atom stereocenters. The number of hydrogen-bond donors (Lipinski definition) is 0. The van der Waals surface area contributed by atoms with E-state index < -0.39 is 0 Å². The first-order chi connectivity index (χ1) is 24.6. The summed E-state index contributed by atoms with van der Waals surface area (Å²) in [5.41, 5.74) is 16.2. The van der Waals surface area contributed by atoms with Gasteiger partial charge in [-0.05, 0) is 91.2 Å². The molecule has 50 heavy (non-hydrogen) atoms. The lowest BCUT2D eigenvalue weighted by Gasteiger charge is -2.28. The van der Waals surface area contributed by atoms with E-state index in [9.17, 15) is 0 Å². The van der Waals surface area contributed by atoms with Crippen LogP contribution in [0.25, 0.3) is 55.3 Å². The Morgan fingerprint density at radius 3 is 1.70 bits per heavy atom. The molecule has 1 heteroatoms. The summed E-state index contributed by atoms with van der Waals surface area (Å²) in [5, 5.41) is 2.45. The molecule has 0 aliphatic heterocycles. The lowest BCUT2D eigenvalue weighted by molar-refractivity contribution is 0.660. The van der Waals surface area contributed by atoms with Crippen molar-refractivity contribution >= 4 is 27.8 Å². The Hall–Kier alpha value is -6.18. The van der Waals surface area contributed by atoms with Crippen molar-refractivity contribution in [3.63, 3.8) is 0 Å². The number of benzene rings is 8. The molecule has 0 radical (unpaired) electrons. The Balaban J connectivity index is 1.17. The predicted molar refractivity (Wildman–Crippen MR) is 213 cm³/mol. The highest BCUT2D eigenvalue weighted by Gasteiger charge is 2.36. The van der Waals surface area contributed by atoms with Crippen molar-refractivity contribution in [1.29, 1.82) is 0 Å². The van der Waals surface area contributed by atoms with E-state index in [1.54, 1.807) is 0 Å². The first-order valence-corrected chi connectivity index (χ1v) is 17.4. The van der Waals surface area contributed by atoms with Gasteiger partial charge in [-0.3, -0.25) is 0 Å². The van der Waals surface area contributed by atoms with E-state index >= 15 is 0 Å². The molecule has 8 aromatic rings. The zero-order valence-corrected chi connectivity index (χ0v) is 28.3. The monoisotopic (exact) mass is 639 g/mol. The molecule has 0 spiro atoms. The van der Waals surface area contributed by atoms with E-state index in [4.69, 9.17) is 0 Å². The second kappa shape index (κ2) is 12.1. The van der Waals surface area contributed by atoms with E-state index in [0.717, 1.165) is 17.1 Å². The van der Waals surface area contributed by atoms with Gasteiger partial charge >= 0.3 is 0 Å². The fourth-order valence-electron chi connectivity index (χ4n) is 7.91. The quantitative estimate of drug-likeness (QED) is 0.175. The number of rotatable bonds is 6. The van der Waals surface area contributed by atoms with Gasteiger partial charge < -0.3 is 4.90 Å². The average Bonchev–Trinajstić information content (AvgIpc) is 3.42. The molecule has 0 fully saturated rings. The molecule has 9 rings (SSSR count). The molecule has 0 N–H and O–H groups in total. The summed E-state index contributed by atoms with van der Waals surface area (Å²) >= 11 is 0. The van der Waals surface area contributed by atoms with E-state index in [1.165, 1.54) is 66.4 Å². The van der Waals surface area contributed by atoms with Gasteiger partial charge in [0.2, 0.25) is 0 Å². The number of fused-ring (bicyclic) bond motifs is 4. The van der Waals surface area contributed by atoms with Crippen LogP contribution in [0.15, 0.2) is 188 Å². The Labute approximate surface area is 294 Å². The molecule has 0 aromatic heterocycles. The molecule has 0 heterocycles. The molecule has 1 aliphatic carbocycles. The van der Waals surface area contributed by atoms with Crippen molar-refractivity contribution in [2.45, 2.75) is 19.3 Å². The number of para-hydroxylation sites is 1. The highest BCUT2D eigenvalue weighted by atomic mass is 15.1. The average molecular weight is 640 g/mol. The van der Waals surface area contributed by atoms with Gasteiger partial charge in [0.05, 0.1) is 5.69 Å². The van der Waals surface area contributed by atoms with Gasteiger partial charge in [-0.2, -0.15) is 0 Å². The van der Waals surface area contributed by atoms with Crippen molar-refractivity contribution in [2.24, 2.45) is 0 Å². The molecule has 0 atom stereocenters. The second-order valence-electron chi connectivity index (χ2n) is 13.8. The highest BCUT2D eigenvalue weighted by Crippen LogP contribution is 2.52. The summed E-state index contributed by atoms with van der Waals surface area (Å²) in [6.07, 6.45) is 0. The molecule has 238 valence electrons. The van der Waals surface area contributed by atoms with Gasteiger partial charge in [0, 0.05) is 22.4 Å². The number of hydrogen-bond acceptors (Lipinski definition) is 1. The Morgan fingerprint density at radius 2 is 0.900 bits per heavy atom. The van der Waals surface area contributed by atoms with Crippen LogP contribution in [-0.2, 0) is 5.41 Å². The molecule has 0 amide bonds. The van der Waals surface area contributed by atoms with Crippen molar-refractivity contribution in [3.05, 3.63) is 199 Å². The van der Waals surface area contributed by atoms with Crippen LogP contribution in [0.5, 0.6) is 0 Å². The predicted octanol–water partition coefficient (Wildman–Crippen LogP) is 13.6. The molecule has 1 aliphatic rings. The third kappa shape index (κ3) is 5.02. The van der Waals surface area contributed by atoms with Gasteiger partial charge in [0.25, 0.3) is 0 Å². The van der Waals surface area contributed by atoms with Crippen LogP contribution in [0.4, 0.5) is 17.1 Å². The zero-order valence-electron chi connectivity index (χ0n) is 28.3. The SMILES string of the molecule is CC1(C)c2ccccc2-c2c(-c3ccc(N(c4ccc5ccccc5c4)c4ccccc4-c4ccc(-c5ccccc5)cc4)cc3)cccc21. The van der Waals surface area contributed by atoms with Crippen LogP contribution in [-0.4, -0.2) is 0 Å². The highest BCUT2D eigenvalue weighted by molar-refractivity contribution is 5.95. The lowest BCUT2D eigenvalue weighted by Crippen LogP contribution is -2.14. The summed E-state index contributed by atoms with van der Waals surface area (Å²) in [5.74, 6) is 0. The fraction of sp³-hybridized carbons (Fsp3) is 0.0612. The fourth-order valence-corrected chi connectivity index (χ4v) is 7.91. The van der Waals surface area contributed by atoms with Crippen LogP contribution < -0.4 is 4.90 Å². The van der Waals surface area contributed by atoms with E-state index in [0.29, 0.717) is 0 Å². The third-order valence-corrected chi connectivity index (χ3v) is 10.5. The van der Waals surface area contributed by atoms with E-state index in [1.807, 2.05) is 0 Å². The minimum atomic E-state index is -0.0300. The standard InChI is InChI=1S/C49H37N/c1-49(2)45-20-10-8-18-44(45)48-43(19-12-21-46(48)49)38-28-30-40(31-29-38)50(41-32-27-35-15-6-7-16-39(35)33-41)47-22-11-9-17-42(47)37-25-23-36(24-26-37)34-13-4-3-5-14-34/h3-33H,1-2H3. The number of nitrogens with zero attached hydrogens (tertiary/aromatic N) is 1. The van der Waals surface area contributed by atoms with E-state index in [-0.39, 0.29) is 5.41 Å². The largest absolute Gasteiger partial charge is 0.310 e. The van der Waals surface area contributed by atoms with Gasteiger partial charge in [0.1, 0.15) is 0 Å². The molecule has 1 nitrogen and oxygen atoms in total. The maximum atomic E-state index is 2.41. The normalized spacial score (nSPS) is 12.8. The summed E-state index contributed by atoms with van der Waals surface area (Å²) in [6.45, 7) is 4.69. The van der Waals surface area contributed by atoms with Gasteiger partial charge in [-0.25, -0.2) is 0 Å². The van der Waals surface area contributed by atoms with Gasteiger partial charge in [-0.15, -0.1) is 0 Å². The Kier molecular flexibility index (Phi) is 7.21. The summed E-state index contributed by atoms with van der Waals surface area (Å²) in [6, 6.07) is 68.5. The first kappa shape index (κ1) is 29.9. The van der Waals surface area contributed by atoms with E-state index in [2.05, 4.69) is 207 Å². The van der Waals surface area contributed by atoms with Crippen LogP contribution in [0.1, 0.15) is 25.0 Å². The Bertz CT molecular complexity index is 2490. The van der Waals surface area contributed by atoms with Crippen molar-refractivity contribution in [2.75, 3.05) is 4.90 Å². The zero-order chi connectivity index (χ0) is 33.7. The molecule has 8 aromatic carbocycles. The lowest BCUT2D eigenvalue weighted by atomic mass is 9.82. The minimum absolute atomic E-state index is 0.0300. The summed E-state index contributed by atoms with van der Waals surface area (Å²) in [7, 11) is 0. The molecule has 0 saturated carbocycles. The minimum Gasteiger partial charge on any atom is -0.310 e. The third-order valence-electron chi connectivity index (χ3n) is 10.5. The van der Waals surface area contributed by atoms with Crippen LogP contribution >= 0.6 is 0 Å². The first-order valence-electron chi connectivity index (χ1n) is 17.4. The molecular weight excluding hydrogens is 603 g/mol. The van der Waals surface area contributed by atoms with Gasteiger partial charge in [-0.1, -0.05) is 172 Å². The van der Waals surface area contributed by atoms with Crippen molar-refractivity contribution in [1.82, 2.24) is 0 Å². The summed E-state index contributed by atoms with van der Waals surface area (Å²) < 4.78 is 0. The van der Waals surface area contributed by atoms with Crippen LogP contribution in [0.3, 0.4) is 0 Å². The Morgan fingerprint density at radius 1 is 0.360 bits per heavy atom. The second-order valence-corrected chi connectivity index (χ2v) is 13.8. The topological polar surface area (TPSA) is 3.24 Å². The molecule has 0 bridgehead atoms. The maximum Gasteiger partial charge on any atom is 0.0540 e.